The molecule has 0 unspecified atom stereocenters. The number of nitrogens with one attached hydrogen (secondary N) is 1. The minimum Gasteiger partial charge on any atom is -0.494 e. The van der Waals surface area contributed by atoms with Crippen LogP contribution in [0.15, 0.2) is 42.5 Å². The van der Waals surface area contributed by atoms with E-state index in [-0.39, 0.29) is 5.91 Å². The molecule has 1 fully saturated rings. The molecule has 0 bridgehead atoms. The predicted molar refractivity (Wildman–Crippen MR) is 134 cm³/mol. The molecule has 2 aromatic rings. The Bertz CT molecular complexity index is 876. The molecule has 1 aliphatic carbocycles. The second-order valence-corrected chi connectivity index (χ2v) is 9.32. The Labute approximate surface area is 202 Å². The zero-order valence-electron chi connectivity index (χ0n) is 19.1. The van der Waals surface area contributed by atoms with Crippen LogP contribution in [0.2, 0.25) is 10.0 Å². The number of amides is 1. The molecule has 2 aromatic carbocycles. The van der Waals surface area contributed by atoms with E-state index in [0.29, 0.717) is 16.7 Å². The van der Waals surface area contributed by atoms with E-state index in [1.54, 1.807) is 6.07 Å². The van der Waals surface area contributed by atoms with Gasteiger partial charge in [-0.2, -0.15) is 0 Å². The van der Waals surface area contributed by atoms with Gasteiger partial charge >= 0.3 is 0 Å². The Kier molecular flexibility index (Phi) is 9.27. The van der Waals surface area contributed by atoms with Gasteiger partial charge < -0.3 is 15.0 Å². The van der Waals surface area contributed by atoms with Gasteiger partial charge in [-0.1, -0.05) is 62.4 Å². The largest absolute Gasteiger partial charge is 0.494 e. The Balaban J connectivity index is 1.64. The molecule has 1 N–H and O–H groups in total. The highest BCUT2D eigenvalue weighted by Gasteiger charge is 2.42. The second kappa shape index (κ2) is 11.9. The molecule has 1 aliphatic rings. The first kappa shape index (κ1) is 24.9. The predicted octanol–water partition coefficient (Wildman–Crippen LogP) is 6.94. The number of carbonyl (C=O) groups is 1. The number of rotatable bonds is 10. The smallest absolute Gasteiger partial charge is 0.235 e. The van der Waals surface area contributed by atoms with Crippen molar-refractivity contribution in [3.05, 3.63) is 58.1 Å². The van der Waals surface area contributed by atoms with Crippen LogP contribution in [0.1, 0.15) is 57.9 Å². The molecule has 0 aromatic heterocycles. The maximum absolute atomic E-state index is 13.5. The topological polar surface area (TPSA) is 41.6 Å². The van der Waals surface area contributed by atoms with Crippen LogP contribution in [0.3, 0.4) is 0 Å². The Hall–Kier alpha value is -1.75. The summed E-state index contributed by atoms with van der Waals surface area (Å²) < 4.78 is 5.87. The van der Waals surface area contributed by atoms with Crippen LogP contribution in [0, 0.1) is 0 Å². The van der Waals surface area contributed by atoms with Crippen LogP contribution < -0.4 is 10.1 Å². The van der Waals surface area contributed by atoms with Crippen molar-refractivity contribution in [3.63, 3.8) is 0 Å². The summed E-state index contributed by atoms with van der Waals surface area (Å²) in [6.07, 6.45) is 5.71. The van der Waals surface area contributed by atoms with Gasteiger partial charge in [0, 0.05) is 22.3 Å². The number of hydrogen-bond acceptors (Lipinski definition) is 3. The lowest BCUT2D eigenvalue weighted by atomic mass is 9.68. The summed E-state index contributed by atoms with van der Waals surface area (Å²) in [5.41, 5.74) is 1.01. The fourth-order valence-electron chi connectivity index (χ4n) is 4.55. The molecule has 32 heavy (non-hydrogen) atoms. The van der Waals surface area contributed by atoms with E-state index in [0.717, 1.165) is 75.2 Å². The minimum absolute atomic E-state index is 0.00527. The van der Waals surface area contributed by atoms with Crippen LogP contribution >= 0.6 is 23.2 Å². The third-order valence-corrected chi connectivity index (χ3v) is 7.03. The second-order valence-electron chi connectivity index (χ2n) is 8.47. The molecular formula is C26H34Cl2N2O2. The van der Waals surface area contributed by atoms with Gasteiger partial charge in [0.25, 0.3) is 0 Å². The van der Waals surface area contributed by atoms with Crippen molar-refractivity contribution in [2.75, 3.05) is 31.6 Å². The summed E-state index contributed by atoms with van der Waals surface area (Å²) in [5.74, 6) is 0.810. The maximum atomic E-state index is 13.5. The van der Waals surface area contributed by atoms with Crippen molar-refractivity contribution in [1.29, 1.82) is 0 Å². The number of hydrogen-bond donors (Lipinski definition) is 1. The molecule has 1 amide bonds. The first-order chi connectivity index (χ1) is 15.5. The van der Waals surface area contributed by atoms with E-state index in [4.69, 9.17) is 27.9 Å². The summed E-state index contributed by atoms with van der Waals surface area (Å²) in [6.45, 7) is 8.20. The van der Waals surface area contributed by atoms with E-state index in [1.807, 2.05) is 36.4 Å². The number of halogens is 2. The molecule has 1 saturated carbocycles. The summed E-state index contributed by atoms with van der Waals surface area (Å²) in [4.78, 5) is 15.9. The molecule has 174 valence electrons. The molecule has 0 spiro atoms. The van der Waals surface area contributed by atoms with Crippen LogP contribution in [0.4, 0.5) is 5.69 Å². The standard InChI is InChI=1S/C26H34Cl2N2O2/c1-3-30(4-2)17-8-18-32-22-12-10-21(11-13-22)29-25(31)26(15-6-5-7-16-26)23-14-9-20(27)19-24(23)28/h9-14,19H,3-8,15-18H2,1-2H3,(H,29,31). The van der Waals surface area contributed by atoms with Gasteiger partial charge in [-0.15, -0.1) is 0 Å². The van der Waals surface area contributed by atoms with Crippen LogP contribution in [-0.2, 0) is 10.2 Å². The fourth-order valence-corrected chi connectivity index (χ4v) is 5.14. The Morgan fingerprint density at radius 2 is 1.72 bits per heavy atom. The number of benzene rings is 2. The van der Waals surface area contributed by atoms with Crippen molar-refractivity contribution in [2.45, 2.75) is 57.8 Å². The lowest BCUT2D eigenvalue weighted by Crippen LogP contribution is -2.42. The van der Waals surface area contributed by atoms with Crippen LogP contribution in [0.25, 0.3) is 0 Å². The van der Waals surface area contributed by atoms with Crippen molar-refractivity contribution in [2.24, 2.45) is 0 Å². The van der Waals surface area contributed by atoms with E-state index in [2.05, 4.69) is 24.1 Å². The summed E-state index contributed by atoms with van der Waals surface area (Å²) >= 11 is 12.6. The van der Waals surface area contributed by atoms with Crippen molar-refractivity contribution in [1.82, 2.24) is 4.90 Å². The summed E-state index contributed by atoms with van der Waals surface area (Å²) in [6, 6.07) is 13.1. The molecule has 0 aliphatic heterocycles. The number of ether oxygens (including phenoxy) is 1. The first-order valence-electron chi connectivity index (χ1n) is 11.7. The van der Waals surface area contributed by atoms with Gasteiger partial charge in [-0.3, -0.25) is 4.79 Å². The lowest BCUT2D eigenvalue weighted by molar-refractivity contribution is -0.122. The zero-order chi connectivity index (χ0) is 23.0. The molecule has 4 nitrogen and oxygen atoms in total. The van der Waals surface area contributed by atoms with E-state index < -0.39 is 5.41 Å². The lowest BCUT2D eigenvalue weighted by Gasteiger charge is -2.37. The third-order valence-electron chi connectivity index (χ3n) is 6.48. The number of anilines is 1. The number of carbonyl (C=O) groups excluding carboxylic acids is 1. The molecular weight excluding hydrogens is 443 g/mol. The zero-order valence-corrected chi connectivity index (χ0v) is 20.6. The number of nitrogens with zero attached hydrogens (tertiary/aromatic N) is 1. The quantitative estimate of drug-likeness (QED) is 0.377. The van der Waals surface area contributed by atoms with Crippen molar-refractivity contribution >= 4 is 34.8 Å². The highest BCUT2D eigenvalue weighted by molar-refractivity contribution is 6.35. The van der Waals surface area contributed by atoms with Gasteiger partial charge in [0.15, 0.2) is 0 Å². The molecule has 6 heteroatoms. The van der Waals surface area contributed by atoms with Gasteiger partial charge in [0.1, 0.15) is 5.75 Å². The van der Waals surface area contributed by atoms with Crippen molar-refractivity contribution in [3.8, 4) is 5.75 Å². The average Bonchev–Trinajstić information content (AvgIpc) is 2.80. The monoisotopic (exact) mass is 476 g/mol. The SMILES string of the molecule is CCN(CC)CCCOc1ccc(NC(=O)C2(c3ccc(Cl)cc3Cl)CCCCC2)cc1. The highest BCUT2D eigenvalue weighted by Crippen LogP contribution is 2.44. The molecule has 0 atom stereocenters. The molecule has 3 rings (SSSR count). The fraction of sp³-hybridized carbons (Fsp3) is 0.500. The Morgan fingerprint density at radius 3 is 2.34 bits per heavy atom. The summed E-state index contributed by atoms with van der Waals surface area (Å²) in [5, 5.41) is 4.26. The normalized spacial score (nSPS) is 15.5. The van der Waals surface area contributed by atoms with Gasteiger partial charge in [0.2, 0.25) is 5.91 Å². The van der Waals surface area contributed by atoms with E-state index in [9.17, 15) is 4.79 Å². The molecule has 0 radical (unpaired) electrons. The van der Waals surface area contributed by atoms with E-state index in [1.165, 1.54) is 0 Å². The maximum Gasteiger partial charge on any atom is 0.235 e. The van der Waals surface area contributed by atoms with Gasteiger partial charge in [-0.05, 0) is 74.3 Å². The van der Waals surface area contributed by atoms with Crippen LogP contribution in [0.5, 0.6) is 5.75 Å². The minimum atomic E-state index is -0.625. The average molecular weight is 477 g/mol. The van der Waals surface area contributed by atoms with Gasteiger partial charge in [-0.25, -0.2) is 0 Å². The summed E-state index contributed by atoms with van der Waals surface area (Å²) in [7, 11) is 0. The molecule has 0 heterocycles. The third kappa shape index (κ3) is 6.18. The Morgan fingerprint density at radius 1 is 1.03 bits per heavy atom. The van der Waals surface area contributed by atoms with E-state index >= 15 is 0 Å². The van der Waals surface area contributed by atoms with Gasteiger partial charge in [0.05, 0.1) is 12.0 Å². The van der Waals surface area contributed by atoms with Crippen molar-refractivity contribution < 1.29 is 9.53 Å². The first-order valence-corrected chi connectivity index (χ1v) is 12.5. The highest BCUT2D eigenvalue weighted by atomic mass is 35.5. The molecule has 0 saturated heterocycles. The van der Waals surface area contributed by atoms with Crippen LogP contribution in [-0.4, -0.2) is 37.0 Å².